The zero-order valence-corrected chi connectivity index (χ0v) is 11.9. The van der Waals surface area contributed by atoms with E-state index in [2.05, 4.69) is 50.1 Å². The summed E-state index contributed by atoms with van der Waals surface area (Å²) in [7, 11) is 2.22. The summed E-state index contributed by atoms with van der Waals surface area (Å²) in [6.45, 7) is 5.72. The van der Waals surface area contributed by atoms with Crippen molar-refractivity contribution in [2.75, 3.05) is 13.6 Å². The van der Waals surface area contributed by atoms with Crippen LogP contribution in [0.1, 0.15) is 56.2 Å². The first-order chi connectivity index (χ1) is 8.65. The van der Waals surface area contributed by atoms with Crippen LogP contribution in [0.2, 0.25) is 0 Å². The lowest BCUT2D eigenvalue weighted by atomic mass is 9.78. The minimum Gasteiger partial charge on any atom is -0.323 e. The Balaban J connectivity index is 2.17. The number of likely N-dealkylation sites (N-methyl/N-ethyl adjacent to an activating group) is 1. The van der Waals surface area contributed by atoms with Crippen molar-refractivity contribution in [3.05, 3.63) is 35.4 Å². The van der Waals surface area contributed by atoms with Gasteiger partial charge in [-0.3, -0.25) is 0 Å². The van der Waals surface area contributed by atoms with Gasteiger partial charge in [-0.15, -0.1) is 0 Å². The maximum absolute atomic E-state index is 6.48. The molecule has 2 nitrogen and oxygen atoms in total. The Labute approximate surface area is 111 Å². The molecule has 2 N–H and O–H groups in total. The van der Waals surface area contributed by atoms with E-state index >= 15 is 0 Å². The first-order valence-electron chi connectivity index (χ1n) is 7.19. The molecule has 0 fully saturated rings. The summed E-state index contributed by atoms with van der Waals surface area (Å²) in [5.74, 6) is 0.620. The average molecular weight is 246 g/mol. The molecule has 1 aliphatic carbocycles. The van der Waals surface area contributed by atoms with Crippen molar-refractivity contribution in [1.29, 1.82) is 0 Å². The average Bonchev–Trinajstić information content (AvgIpc) is 2.40. The zero-order valence-electron chi connectivity index (χ0n) is 11.9. The largest absolute Gasteiger partial charge is 0.323 e. The predicted octanol–water partition coefficient (Wildman–Crippen LogP) is 3.29. The molecule has 0 aromatic heterocycles. The molecule has 0 aliphatic heterocycles. The van der Waals surface area contributed by atoms with Crippen molar-refractivity contribution >= 4 is 0 Å². The normalized spacial score (nSPS) is 27.3. The molecule has 0 heterocycles. The van der Waals surface area contributed by atoms with Gasteiger partial charge in [-0.05, 0) is 43.5 Å². The highest BCUT2D eigenvalue weighted by molar-refractivity contribution is 5.36. The third kappa shape index (κ3) is 2.60. The molecule has 2 heteroatoms. The number of hydrogen-bond acceptors (Lipinski definition) is 2. The van der Waals surface area contributed by atoms with Crippen LogP contribution in [0.25, 0.3) is 0 Å². The molecule has 1 aromatic carbocycles. The highest BCUT2D eigenvalue weighted by atomic mass is 15.1. The molecule has 0 radical (unpaired) electrons. The Morgan fingerprint density at radius 3 is 2.61 bits per heavy atom. The number of rotatable bonds is 4. The summed E-state index contributed by atoms with van der Waals surface area (Å²) < 4.78 is 0. The molecule has 3 atom stereocenters. The summed E-state index contributed by atoms with van der Waals surface area (Å²) in [4.78, 5) is 2.46. The molecule has 0 saturated heterocycles. The lowest BCUT2D eigenvalue weighted by molar-refractivity contribution is 0.180. The third-order valence-electron chi connectivity index (χ3n) is 4.33. The Hall–Kier alpha value is -0.860. The lowest BCUT2D eigenvalue weighted by Gasteiger charge is -2.40. The highest BCUT2D eigenvalue weighted by Gasteiger charge is 2.32. The van der Waals surface area contributed by atoms with Gasteiger partial charge in [0.2, 0.25) is 0 Å². The molecule has 3 unspecified atom stereocenters. The van der Waals surface area contributed by atoms with Gasteiger partial charge >= 0.3 is 0 Å². The molecule has 0 bridgehead atoms. The molecule has 2 rings (SSSR count). The maximum atomic E-state index is 6.48. The van der Waals surface area contributed by atoms with E-state index in [4.69, 9.17) is 5.73 Å². The number of unbranched alkanes of at least 4 members (excludes halogenated alkanes) is 1. The first kappa shape index (κ1) is 13.6. The molecular weight excluding hydrogens is 220 g/mol. The highest BCUT2D eigenvalue weighted by Crippen LogP contribution is 2.37. The summed E-state index contributed by atoms with van der Waals surface area (Å²) in [5, 5.41) is 0. The van der Waals surface area contributed by atoms with Gasteiger partial charge in [0, 0.05) is 12.1 Å². The van der Waals surface area contributed by atoms with Gasteiger partial charge in [0.15, 0.2) is 0 Å². The van der Waals surface area contributed by atoms with Crippen molar-refractivity contribution in [2.45, 2.75) is 51.1 Å². The minimum atomic E-state index is 0.166. The standard InChI is InChI=1S/C16H26N2/c1-4-5-10-18(3)15-11-12(2)13-8-6-7-9-14(13)16(15)17/h6-9,12,15-16H,4-5,10-11,17H2,1-3H3. The van der Waals surface area contributed by atoms with Crippen molar-refractivity contribution in [1.82, 2.24) is 4.90 Å². The molecule has 0 saturated carbocycles. The Morgan fingerprint density at radius 2 is 1.94 bits per heavy atom. The van der Waals surface area contributed by atoms with E-state index in [1.54, 1.807) is 0 Å². The second-order valence-electron chi connectivity index (χ2n) is 5.69. The van der Waals surface area contributed by atoms with Crippen LogP contribution >= 0.6 is 0 Å². The fourth-order valence-corrected chi connectivity index (χ4v) is 3.13. The second kappa shape index (κ2) is 5.85. The third-order valence-corrected chi connectivity index (χ3v) is 4.33. The predicted molar refractivity (Wildman–Crippen MR) is 77.7 cm³/mol. The Bertz CT molecular complexity index is 388. The summed E-state index contributed by atoms with van der Waals surface area (Å²) in [6, 6.07) is 9.34. The lowest BCUT2D eigenvalue weighted by Crippen LogP contribution is -2.44. The number of nitrogens with two attached hydrogens (primary N) is 1. The van der Waals surface area contributed by atoms with Crippen LogP contribution in [0, 0.1) is 0 Å². The van der Waals surface area contributed by atoms with Gasteiger partial charge in [0.1, 0.15) is 0 Å². The van der Waals surface area contributed by atoms with Gasteiger partial charge in [-0.2, -0.15) is 0 Å². The van der Waals surface area contributed by atoms with Gasteiger partial charge < -0.3 is 10.6 Å². The van der Waals surface area contributed by atoms with Crippen LogP contribution < -0.4 is 5.73 Å². The van der Waals surface area contributed by atoms with Crippen LogP contribution in [0.5, 0.6) is 0 Å². The van der Waals surface area contributed by atoms with E-state index < -0.39 is 0 Å². The van der Waals surface area contributed by atoms with E-state index in [-0.39, 0.29) is 6.04 Å². The molecule has 0 spiro atoms. The molecule has 1 aliphatic rings. The van der Waals surface area contributed by atoms with Gasteiger partial charge in [0.25, 0.3) is 0 Å². The fraction of sp³-hybridized carbons (Fsp3) is 0.625. The van der Waals surface area contributed by atoms with Crippen molar-refractivity contribution in [2.24, 2.45) is 5.73 Å². The molecule has 0 amide bonds. The summed E-state index contributed by atoms with van der Waals surface area (Å²) in [5.41, 5.74) is 9.28. The minimum absolute atomic E-state index is 0.166. The monoisotopic (exact) mass is 246 g/mol. The number of hydrogen-bond donors (Lipinski definition) is 1. The van der Waals surface area contributed by atoms with Gasteiger partial charge in [0.05, 0.1) is 0 Å². The van der Waals surface area contributed by atoms with Crippen LogP contribution in [0.4, 0.5) is 0 Å². The molecular formula is C16H26N2. The number of fused-ring (bicyclic) bond motifs is 1. The summed E-state index contributed by atoms with van der Waals surface area (Å²) in [6.07, 6.45) is 3.69. The molecule has 18 heavy (non-hydrogen) atoms. The molecule has 100 valence electrons. The SMILES string of the molecule is CCCCN(C)C1CC(C)c2ccccc2C1N. The fourth-order valence-electron chi connectivity index (χ4n) is 3.13. The van der Waals surface area contributed by atoms with E-state index in [0.29, 0.717) is 12.0 Å². The topological polar surface area (TPSA) is 29.3 Å². The van der Waals surface area contributed by atoms with Crippen LogP contribution in [0.3, 0.4) is 0 Å². The van der Waals surface area contributed by atoms with E-state index in [0.717, 1.165) is 6.54 Å². The van der Waals surface area contributed by atoms with Crippen LogP contribution in [-0.2, 0) is 0 Å². The Kier molecular flexibility index (Phi) is 4.41. The van der Waals surface area contributed by atoms with E-state index in [1.165, 1.54) is 30.4 Å². The maximum Gasteiger partial charge on any atom is 0.0456 e. The van der Waals surface area contributed by atoms with E-state index in [9.17, 15) is 0 Å². The zero-order chi connectivity index (χ0) is 13.1. The Morgan fingerprint density at radius 1 is 1.28 bits per heavy atom. The van der Waals surface area contributed by atoms with Crippen LogP contribution in [0.15, 0.2) is 24.3 Å². The first-order valence-corrected chi connectivity index (χ1v) is 7.19. The number of nitrogens with zero attached hydrogens (tertiary/aromatic N) is 1. The van der Waals surface area contributed by atoms with E-state index in [1.807, 2.05) is 0 Å². The molecule has 1 aromatic rings. The van der Waals surface area contributed by atoms with Gasteiger partial charge in [-0.25, -0.2) is 0 Å². The number of benzene rings is 1. The van der Waals surface area contributed by atoms with Crippen LogP contribution in [-0.4, -0.2) is 24.5 Å². The van der Waals surface area contributed by atoms with Crippen molar-refractivity contribution in [3.8, 4) is 0 Å². The van der Waals surface area contributed by atoms with Crippen molar-refractivity contribution < 1.29 is 0 Å². The quantitative estimate of drug-likeness (QED) is 0.883. The second-order valence-corrected chi connectivity index (χ2v) is 5.69. The summed E-state index contributed by atoms with van der Waals surface area (Å²) >= 11 is 0. The van der Waals surface area contributed by atoms with Crippen molar-refractivity contribution in [3.63, 3.8) is 0 Å². The van der Waals surface area contributed by atoms with Gasteiger partial charge in [-0.1, -0.05) is 44.5 Å². The smallest absolute Gasteiger partial charge is 0.0456 e.